The lowest BCUT2D eigenvalue weighted by Crippen LogP contribution is -2.32. The average Bonchev–Trinajstić information content (AvgIpc) is 2.49. The minimum atomic E-state index is -3.10. The van der Waals surface area contributed by atoms with Crippen molar-refractivity contribution in [2.24, 2.45) is 0 Å². The van der Waals surface area contributed by atoms with Gasteiger partial charge in [-0.25, -0.2) is 12.7 Å². The van der Waals surface area contributed by atoms with Crippen molar-refractivity contribution < 1.29 is 13.2 Å². The SMILES string of the molecule is CCN(CCCNCc1ccc(C(=O)NC)cc1)S(C)(=O)=O. The van der Waals surface area contributed by atoms with E-state index in [1.165, 1.54) is 10.6 Å². The van der Waals surface area contributed by atoms with Crippen LogP contribution in [0.4, 0.5) is 0 Å². The van der Waals surface area contributed by atoms with Gasteiger partial charge in [-0.3, -0.25) is 4.79 Å². The Kier molecular flexibility index (Phi) is 7.50. The second-order valence-electron chi connectivity index (χ2n) is 5.06. The molecule has 0 atom stereocenters. The first-order valence-electron chi connectivity index (χ1n) is 7.35. The third-order valence-electron chi connectivity index (χ3n) is 3.36. The molecule has 124 valence electrons. The van der Waals surface area contributed by atoms with Crippen molar-refractivity contribution in [3.8, 4) is 0 Å². The lowest BCUT2D eigenvalue weighted by molar-refractivity contribution is 0.0963. The van der Waals surface area contributed by atoms with Crippen LogP contribution in [-0.4, -0.2) is 51.6 Å². The quantitative estimate of drug-likeness (QED) is 0.658. The van der Waals surface area contributed by atoms with Crippen molar-refractivity contribution in [2.45, 2.75) is 19.9 Å². The molecule has 0 bridgehead atoms. The molecule has 0 radical (unpaired) electrons. The van der Waals surface area contributed by atoms with Gasteiger partial charge in [0.15, 0.2) is 0 Å². The predicted octanol–water partition coefficient (Wildman–Crippen LogP) is 0.807. The molecule has 0 aliphatic carbocycles. The highest BCUT2D eigenvalue weighted by Gasteiger charge is 2.12. The van der Waals surface area contributed by atoms with Crippen LogP contribution in [0.3, 0.4) is 0 Å². The number of amides is 1. The maximum absolute atomic E-state index is 11.4. The van der Waals surface area contributed by atoms with Gasteiger partial charge in [-0.2, -0.15) is 0 Å². The van der Waals surface area contributed by atoms with Gasteiger partial charge in [0.25, 0.3) is 5.91 Å². The number of nitrogens with zero attached hydrogens (tertiary/aromatic N) is 1. The van der Waals surface area contributed by atoms with Gasteiger partial charge in [-0.15, -0.1) is 0 Å². The van der Waals surface area contributed by atoms with Crippen LogP contribution >= 0.6 is 0 Å². The van der Waals surface area contributed by atoms with Crippen molar-refractivity contribution in [1.82, 2.24) is 14.9 Å². The fourth-order valence-electron chi connectivity index (χ4n) is 2.09. The van der Waals surface area contributed by atoms with E-state index in [1.807, 2.05) is 19.1 Å². The number of sulfonamides is 1. The van der Waals surface area contributed by atoms with Gasteiger partial charge in [0.05, 0.1) is 6.26 Å². The number of carbonyl (C=O) groups is 1. The minimum Gasteiger partial charge on any atom is -0.355 e. The Morgan fingerprint density at radius 3 is 2.36 bits per heavy atom. The molecule has 1 aromatic rings. The lowest BCUT2D eigenvalue weighted by atomic mass is 10.1. The molecule has 0 aromatic heterocycles. The van der Waals surface area contributed by atoms with E-state index in [-0.39, 0.29) is 5.91 Å². The van der Waals surface area contributed by atoms with Crippen molar-refractivity contribution in [3.05, 3.63) is 35.4 Å². The fourth-order valence-corrected chi connectivity index (χ4v) is 3.02. The van der Waals surface area contributed by atoms with Crippen molar-refractivity contribution in [1.29, 1.82) is 0 Å². The van der Waals surface area contributed by atoms with E-state index in [0.29, 0.717) is 25.2 Å². The molecule has 0 saturated carbocycles. The monoisotopic (exact) mass is 327 g/mol. The summed E-state index contributed by atoms with van der Waals surface area (Å²) in [7, 11) is -1.50. The molecule has 22 heavy (non-hydrogen) atoms. The molecule has 7 heteroatoms. The summed E-state index contributed by atoms with van der Waals surface area (Å²) in [6.07, 6.45) is 2.00. The van der Waals surface area contributed by atoms with Crippen molar-refractivity contribution in [3.63, 3.8) is 0 Å². The molecule has 1 rings (SSSR count). The van der Waals surface area contributed by atoms with E-state index in [9.17, 15) is 13.2 Å². The third kappa shape index (κ3) is 6.13. The van der Waals surface area contributed by atoms with Crippen LogP contribution in [0.25, 0.3) is 0 Å². The molecular weight excluding hydrogens is 302 g/mol. The van der Waals surface area contributed by atoms with E-state index < -0.39 is 10.0 Å². The van der Waals surface area contributed by atoms with Gasteiger partial charge in [0.1, 0.15) is 0 Å². The van der Waals surface area contributed by atoms with E-state index >= 15 is 0 Å². The van der Waals surface area contributed by atoms with Crippen LogP contribution in [0.5, 0.6) is 0 Å². The molecule has 2 N–H and O–H groups in total. The fraction of sp³-hybridized carbons (Fsp3) is 0.533. The highest BCUT2D eigenvalue weighted by atomic mass is 32.2. The highest BCUT2D eigenvalue weighted by molar-refractivity contribution is 7.88. The Morgan fingerprint density at radius 1 is 1.23 bits per heavy atom. The van der Waals surface area contributed by atoms with E-state index in [0.717, 1.165) is 18.5 Å². The normalized spacial score (nSPS) is 11.6. The third-order valence-corrected chi connectivity index (χ3v) is 4.73. The smallest absolute Gasteiger partial charge is 0.251 e. The molecule has 1 amide bonds. The van der Waals surface area contributed by atoms with Crippen LogP contribution in [0, 0.1) is 0 Å². The first kappa shape index (κ1) is 18.6. The molecule has 0 heterocycles. The van der Waals surface area contributed by atoms with Crippen LogP contribution in [0.15, 0.2) is 24.3 Å². The van der Waals surface area contributed by atoms with Gasteiger partial charge in [0, 0.05) is 32.2 Å². The summed E-state index contributed by atoms with van der Waals surface area (Å²) in [4.78, 5) is 11.4. The maximum Gasteiger partial charge on any atom is 0.251 e. The first-order valence-corrected chi connectivity index (χ1v) is 9.20. The van der Waals surface area contributed by atoms with Crippen LogP contribution < -0.4 is 10.6 Å². The molecule has 1 aromatic carbocycles. The zero-order valence-electron chi connectivity index (χ0n) is 13.4. The highest BCUT2D eigenvalue weighted by Crippen LogP contribution is 2.04. The number of nitrogens with one attached hydrogen (secondary N) is 2. The maximum atomic E-state index is 11.4. The zero-order chi connectivity index (χ0) is 16.6. The summed E-state index contributed by atoms with van der Waals surface area (Å²) < 4.78 is 24.3. The standard InChI is InChI=1S/C15H25N3O3S/c1-4-18(22(3,20)21)11-5-10-17-12-13-6-8-14(9-7-13)15(19)16-2/h6-9,17H,4-5,10-12H2,1-3H3,(H,16,19). The number of hydrogen-bond acceptors (Lipinski definition) is 4. The summed E-state index contributed by atoms with van der Waals surface area (Å²) in [5.74, 6) is -0.0973. The topological polar surface area (TPSA) is 78.5 Å². The summed E-state index contributed by atoms with van der Waals surface area (Å²) in [5.41, 5.74) is 1.72. The lowest BCUT2D eigenvalue weighted by Gasteiger charge is -2.17. The second kappa shape index (κ2) is 8.87. The van der Waals surface area contributed by atoms with Crippen LogP contribution in [0.1, 0.15) is 29.3 Å². The molecule has 0 unspecified atom stereocenters. The number of rotatable bonds is 9. The van der Waals surface area contributed by atoms with Gasteiger partial charge in [-0.05, 0) is 30.7 Å². The Morgan fingerprint density at radius 2 is 1.86 bits per heavy atom. The van der Waals surface area contributed by atoms with Crippen molar-refractivity contribution >= 4 is 15.9 Å². The van der Waals surface area contributed by atoms with E-state index in [1.54, 1.807) is 19.2 Å². The molecule has 0 saturated heterocycles. The Labute approximate surface area is 132 Å². The molecular formula is C15H25N3O3S. The van der Waals surface area contributed by atoms with Crippen LogP contribution in [0.2, 0.25) is 0 Å². The summed E-state index contributed by atoms with van der Waals surface area (Å²) in [6, 6.07) is 7.40. The van der Waals surface area contributed by atoms with Gasteiger partial charge < -0.3 is 10.6 Å². The van der Waals surface area contributed by atoms with Crippen molar-refractivity contribution in [2.75, 3.05) is 32.9 Å². The molecule has 0 aliphatic rings. The number of benzene rings is 1. The summed E-state index contributed by atoms with van der Waals surface area (Å²) in [5, 5.41) is 5.85. The van der Waals surface area contributed by atoms with Gasteiger partial charge in [-0.1, -0.05) is 19.1 Å². The predicted molar refractivity (Wildman–Crippen MR) is 88.2 cm³/mol. The average molecular weight is 327 g/mol. The minimum absolute atomic E-state index is 0.0973. The summed E-state index contributed by atoms with van der Waals surface area (Å²) in [6.45, 7) is 4.29. The Balaban J connectivity index is 2.32. The number of hydrogen-bond donors (Lipinski definition) is 2. The van der Waals surface area contributed by atoms with E-state index in [2.05, 4.69) is 10.6 Å². The van der Waals surface area contributed by atoms with Crippen LogP contribution in [-0.2, 0) is 16.6 Å². The molecule has 0 spiro atoms. The molecule has 6 nitrogen and oxygen atoms in total. The Bertz CT molecular complexity index is 570. The molecule has 0 fully saturated rings. The van der Waals surface area contributed by atoms with Gasteiger partial charge >= 0.3 is 0 Å². The largest absolute Gasteiger partial charge is 0.355 e. The Hall–Kier alpha value is -1.44. The van der Waals surface area contributed by atoms with Gasteiger partial charge in [0.2, 0.25) is 10.0 Å². The van der Waals surface area contributed by atoms with E-state index in [4.69, 9.17) is 0 Å². The first-order chi connectivity index (χ1) is 10.4. The summed E-state index contributed by atoms with van der Waals surface area (Å²) >= 11 is 0. The second-order valence-corrected chi connectivity index (χ2v) is 7.04. The number of carbonyl (C=O) groups excluding carboxylic acids is 1. The molecule has 0 aliphatic heterocycles. The zero-order valence-corrected chi connectivity index (χ0v) is 14.2.